The fourth-order valence-corrected chi connectivity index (χ4v) is 3.06. The predicted octanol–water partition coefficient (Wildman–Crippen LogP) is 2.55. The molecule has 0 bridgehead atoms. The zero-order chi connectivity index (χ0) is 12.5. The summed E-state index contributed by atoms with van der Waals surface area (Å²) in [7, 11) is 2.04. The van der Waals surface area contributed by atoms with E-state index in [4.69, 9.17) is 5.73 Å². The van der Waals surface area contributed by atoms with Gasteiger partial charge in [-0.25, -0.2) is 4.98 Å². The molecule has 1 saturated carbocycles. The van der Waals surface area contributed by atoms with E-state index in [0.29, 0.717) is 5.92 Å². The maximum Gasteiger partial charge on any atom is 0.126 e. The number of fused-ring (bicyclic) bond motifs is 1. The van der Waals surface area contributed by atoms with Crippen molar-refractivity contribution in [2.24, 2.45) is 18.7 Å². The number of aromatic nitrogens is 3. The van der Waals surface area contributed by atoms with Gasteiger partial charge in [0.05, 0.1) is 23.3 Å². The van der Waals surface area contributed by atoms with Crippen molar-refractivity contribution in [1.82, 2.24) is 14.5 Å². The molecule has 1 unspecified atom stereocenters. The van der Waals surface area contributed by atoms with Crippen molar-refractivity contribution in [2.75, 3.05) is 0 Å². The molecule has 96 valence electrons. The maximum atomic E-state index is 6.43. The number of nitrogens with zero attached hydrogens (tertiary/aromatic N) is 3. The number of aryl methyl sites for hydroxylation is 1. The number of hydrogen-bond acceptors (Lipinski definition) is 3. The summed E-state index contributed by atoms with van der Waals surface area (Å²) in [4.78, 5) is 8.84. The molecule has 4 nitrogen and oxygen atoms in total. The van der Waals surface area contributed by atoms with Crippen LogP contribution in [-0.2, 0) is 7.05 Å². The van der Waals surface area contributed by atoms with E-state index in [2.05, 4.69) is 14.5 Å². The Bertz CT molecular complexity index is 540. The molecule has 4 heteroatoms. The molecular formula is C14H20N4. The summed E-state index contributed by atoms with van der Waals surface area (Å²) >= 11 is 0. The number of rotatable bonds is 2. The van der Waals surface area contributed by atoms with Gasteiger partial charge in [-0.05, 0) is 24.8 Å². The molecule has 2 aromatic rings. The lowest BCUT2D eigenvalue weighted by atomic mass is 9.84. The highest BCUT2D eigenvalue weighted by molar-refractivity contribution is 5.74. The Morgan fingerprint density at radius 1 is 1.33 bits per heavy atom. The first-order chi connectivity index (χ1) is 8.77. The Labute approximate surface area is 107 Å². The first-order valence-electron chi connectivity index (χ1n) is 6.79. The second kappa shape index (κ2) is 4.69. The Morgan fingerprint density at radius 3 is 2.83 bits per heavy atom. The first-order valence-corrected chi connectivity index (χ1v) is 6.79. The molecule has 0 spiro atoms. The summed E-state index contributed by atoms with van der Waals surface area (Å²) in [6.07, 6.45) is 10.1. The molecule has 2 aromatic heterocycles. The zero-order valence-corrected chi connectivity index (χ0v) is 10.8. The molecule has 1 aliphatic carbocycles. The molecule has 0 aliphatic heterocycles. The highest BCUT2D eigenvalue weighted by Gasteiger charge is 2.25. The van der Waals surface area contributed by atoms with Crippen LogP contribution in [0.25, 0.3) is 11.0 Å². The lowest BCUT2D eigenvalue weighted by Crippen LogP contribution is -2.26. The van der Waals surface area contributed by atoms with Crippen LogP contribution in [0.1, 0.15) is 44.0 Å². The molecule has 18 heavy (non-hydrogen) atoms. The van der Waals surface area contributed by atoms with Crippen LogP contribution in [0.3, 0.4) is 0 Å². The molecule has 2 N–H and O–H groups in total. The van der Waals surface area contributed by atoms with E-state index in [0.717, 1.165) is 16.9 Å². The lowest BCUT2D eigenvalue weighted by Gasteiger charge is -2.27. The molecular weight excluding hydrogens is 224 g/mol. The molecule has 3 rings (SSSR count). The second-order valence-electron chi connectivity index (χ2n) is 5.32. The minimum Gasteiger partial charge on any atom is -0.329 e. The van der Waals surface area contributed by atoms with Crippen LogP contribution < -0.4 is 5.73 Å². The van der Waals surface area contributed by atoms with Gasteiger partial charge in [0.25, 0.3) is 0 Å². The van der Waals surface area contributed by atoms with E-state index in [9.17, 15) is 0 Å². The summed E-state index contributed by atoms with van der Waals surface area (Å²) in [5.74, 6) is 1.59. The number of hydrogen-bond donors (Lipinski definition) is 1. The Morgan fingerprint density at radius 2 is 2.11 bits per heavy atom. The highest BCUT2D eigenvalue weighted by atomic mass is 15.1. The SMILES string of the molecule is Cn1c(C(N)C2CCCCC2)nc2ccncc21. The molecule has 0 aromatic carbocycles. The third-order valence-corrected chi connectivity index (χ3v) is 4.17. The summed E-state index contributed by atoms with van der Waals surface area (Å²) < 4.78 is 2.10. The predicted molar refractivity (Wildman–Crippen MR) is 72.0 cm³/mol. The molecule has 0 amide bonds. The minimum atomic E-state index is 0.0581. The van der Waals surface area contributed by atoms with Crippen molar-refractivity contribution >= 4 is 11.0 Å². The van der Waals surface area contributed by atoms with Gasteiger partial charge in [-0.1, -0.05) is 19.3 Å². The normalized spacial score (nSPS) is 19.2. The average molecular weight is 244 g/mol. The summed E-state index contributed by atoms with van der Waals surface area (Å²) in [6.45, 7) is 0. The second-order valence-corrected chi connectivity index (χ2v) is 5.32. The quantitative estimate of drug-likeness (QED) is 0.883. The standard InChI is InChI=1S/C14H20N4/c1-18-12-9-16-8-7-11(12)17-14(18)13(15)10-5-3-2-4-6-10/h7-10,13H,2-6,15H2,1H3. The van der Waals surface area contributed by atoms with Gasteiger partial charge in [0.2, 0.25) is 0 Å². The van der Waals surface area contributed by atoms with Crippen molar-refractivity contribution in [3.8, 4) is 0 Å². The monoisotopic (exact) mass is 244 g/mol. The van der Waals surface area contributed by atoms with Crippen LogP contribution in [0.15, 0.2) is 18.5 Å². The average Bonchev–Trinajstić information content (AvgIpc) is 2.77. The van der Waals surface area contributed by atoms with Gasteiger partial charge < -0.3 is 10.3 Å². The molecule has 1 aliphatic rings. The molecule has 1 fully saturated rings. The van der Waals surface area contributed by atoms with E-state index < -0.39 is 0 Å². The fourth-order valence-electron chi connectivity index (χ4n) is 3.06. The van der Waals surface area contributed by atoms with Crippen LogP contribution >= 0.6 is 0 Å². The first kappa shape index (κ1) is 11.7. The summed E-state index contributed by atoms with van der Waals surface area (Å²) in [5, 5.41) is 0. The van der Waals surface area contributed by atoms with Crippen LogP contribution in [0, 0.1) is 5.92 Å². The van der Waals surface area contributed by atoms with Crippen LogP contribution in [0.5, 0.6) is 0 Å². The van der Waals surface area contributed by atoms with Crippen LogP contribution in [0.2, 0.25) is 0 Å². The van der Waals surface area contributed by atoms with Crippen molar-refractivity contribution in [3.05, 3.63) is 24.3 Å². The van der Waals surface area contributed by atoms with Gasteiger partial charge in [-0.2, -0.15) is 0 Å². The van der Waals surface area contributed by atoms with Crippen LogP contribution in [-0.4, -0.2) is 14.5 Å². The van der Waals surface area contributed by atoms with Crippen molar-refractivity contribution in [2.45, 2.75) is 38.1 Å². The van der Waals surface area contributed by atoms with Gasteiger partial charge in [0.15, 0.2) is 0 Å². The van der Waals surface area contributed by atoms with Gasteiger partial charge in [-0.15, -0.1) is 0 Å². The van der Waals surface area contributed by atoms with Crippen molar-refractivity contribution in [1.29, 1.82) is 0 Å². The number of imidazole rings is 1. The third-order valence-electron chi connectivity index (χ3n) is 4.17. The topological polar surface area (TPSA) is 56.7 Å². The van der Waals surface area contributed by atoms with Crippen LogP contribution in [0.4, 0.5) is 0 Å². The highest BCUT2D eigenvalue weighted by Crippen LogP contribution is 2.33. The zero-order valence-electron chi connectivity index (χ0n) is 10.8. The van der Waals surface area contributed by atoms with Gasteiger partial charge in [0, 0.05) is 13.2 Å². The van der Waals surface area contributed by atoms with E-state index in [-0.39, 0.29) is 6.04 Å². The van der Waals surface area contributed by atoms with E-state index in [1.165, 1.54) is 32.1 Å². The lowest BCUT2D eigenvalue weighted by molar-refractivity contribution is 0.298. The third kappa shape index (κ3) is 1.90. The molecule has 2 heterocycles. The molecule has 1 atom stereocenters. The fraction of sp³-hybridized carbons (Fsp3) is 0.571. The van der Waals surface area contributed by atoms with Crippen molar-refractivity contribution in [3.63, 3.8) is 0 Å². The van der Waals surface area contributed by atoms with E-state index in [1.54, 1.807) is 6.20 Å². The van der Waals surface area contributed by atoms with E-state index in [1.807, 2.05) is 19.3 Å². The Kier molecular flexibility index (Phi) is 3.04. The minimum absolute atomic E-state index is 0.0581. The number of nitrogens with two attached hydrogens (primary N) is 1. The summed E-state index contributed by atoms with van der Waals surface area (Å²) in [5.41, 5.74) is 8.49. The number of pyridine rings is 1. The summed E-state index contributed by atoms with van der Waals surface area (Å²) in [6, 6.07) is 2.01. The van der Waals surface area contributed by atoms with Gasteiger partial charge >= 0.3 is 0 Å². The molecule has 0 radical (unpaired) electrons. The van der Waals surface area contributed by atoms with Gasteiger partial charge in [-0.3, -0.25) is 4.98 Å². The van der Waals surface area contributed by atoms with E-state index >= 15 is 0 Å². The largest absolute Gasteiger partial charge is 0.329 e. The Hall–Kier alpha value is -1.42. The Balaban J connectivity index is 1.95. The van der Waals surface area contributed by atoms with Gasteiger partial charge in [0.1, 0.15) is 5.82 Å². The molecule has 0 saturated heterocycles. The van der Waals surface area contributed by atoms with Crippen molar-refractivity contribution < 1.29 is 0 Å². The smallest absolute Gasteiger partial charge is 0.126 e. The maximum absolute atomic E-state index is 6.43.